The van der Waals surface area contributed by atoms with E-state index in [0.29, 0.717) is 16.9 Å². The average molecular weight is 415 g/mol. The van der Waals surface area contributed by atoms with Crippen LogP contribution in [-0.2, 0) is 6.54 Å². The van der Waals surface area contributed by atoms with Gasteiger partial charge in [-0.3, -0.25) is 9.36 Å². The molecule has 0 spiro atoms. The Labute approximate surface area is 178 Å². The van der Waals surface area contributed by atoms with Gasteiger partial charge in [-0.05, 0) is 62.9 Å². The fourth-order valence-corrected chi connectivity index (χ4v) is 4.45. The molecular formula is C23H31ClN4O. The number of carbonyl (C=O) groups excluding carboxylic acids is 1. The van der Waals surface area contributed by atoms with E-state index in [9.17, 15) is 4.79 Å². The molecule has 2 aliphatic carbocycles. The third-order valence-corrected chi connectivity index (χ3v) is 6.45. The number of imidazole rings is 1. The quantitative estimate of drug-likeness (QED) is 0.655. The lowest BCUT2D eigenvalue weighted by atomic mass is 9.94. The molecule has 1 amide bonds. The van der Waals surface area contributed by atoms with Crippen molar-refractivity contribution in [2.24, 2.45) is 5.92 Å². The van der Waals surface area contributed by atoms with Crippen LogP contribution in [0.4, 0.5) is 0 Å². The maximum absolute atomic E-state index is 13.4. The van der Waals surface area contributed by atoms with Gasteiger partial charge in [0, 0.05) is 43.1 Å². The Bertz CT molecular complexity index is 837. The Morgan fingerprint density at radius 1 is 1.10 bits per heavy atom. The number of halogens is 1. The van der Waals surface area contributed by atoms with Gasteiger partial charge in [-0.1, -0.05) is 30.9 Å². The zero-order valence-electron chi connectivity index (χ0n) is 17.5. The molecule has 0 bridgehead atoms. The van der Waals surface area contributed by atoms with E-state index in [1.807, 2.05) is 47.0 Å². The third-order valence-electron chi connectivity index (χ3n) is 6.19. The van der Waals surface area contributed by atoms with Crippen LogP contribution in [-0.4, -0.2) is 51.9 Å². The Balaban J connectivity index is 1.60. The number of amides is 1. The van der Waals surface area contributed by atoms with Crippen LogP contribution in [0.25, 0.3) is 5.69 Å². The second kappa shape index (κ2) is 8.88. The van der Waals surface area contributed by atoms with Crippen molar-refractivity contribution in [2.75, 3.05) is 20.6 Å². The van der Waals surface area contributed by atoms with Crippen LogP contribution < -0.4 is 0 Å². The molecule has 2 aromatic rings. The molecule has 2 saturated carbocycles. The number of hydrogen-bond acceptors (Lipinski definition) is 3. The molecule has 1 heterocycles. The van der Waals surface area contributed by atoms with E-state index in [2.05, 4.69) is 11.9 Å². The van der Waals surface area contributed by atoms with Gasteiger partial charge in [0.05, 0.1) is 5.69 Å². The van der Waals surface area contributed by atoms with E-state index >= 15 is 0 Å². The lowest BCUT2D eigenvalue weighted by molar-refractivity contribution is 0.0681. The Morgan fingerprint density at radius 3 is 2.45 bits per heavy atom. The molecule has 0 atom stereocenters. The zero-order chi connectivity index (χ0) is 20.4. The van der Waals surface area contributed by atoms with Gasteiger partial charge >= 0.3 is 0 Å². The number of hydrogen-bond donors (Lipinski definition) is 0. The standard InChI is InChI=1S/C23H31ClN4O/c1-26(14-17-8-9-17)15-19-16-28(21-12-10-18(24)11-13-21)22(25-19)23(29)27(2)20-6-4-3-5-7-20/h10-13,16-17,20H,3-9,14-15H2,1-2H3. The van der Waals surface area contributed by atoms with Crippen molar-refractivity contribution in [3.8, 4) is 5.69 Å². The van der Waals surface area contributed by atoms with Gasteiger partial charge in [-0.15, -0.1) is 0 Å². The molecule has 0 aliphatic heterocycles. The van der Waals surface area contributed by atoms with E-state index in [4.69, 9.17) is 16.6 Å². The first-order valence-electron chi connectivity index (χ1n) is 10.8. The molecule has 1 aromatic carbocycles. The Hall–Kier alpha value is -1.85. The monoisotopic (exact) mass is 414 g/mol. The first-order chi connectivity index (χ1) is 14.0. The number of carbonyl (C=O) groups is 1. The minimum Gasteiger partial charge on any atom is -0.336 e. The molecule has 0 N–H and O–H groups in total. The SMILES string of the molecule is CN(Cc1cn(-c2ccc(Cl)cc2)c(C(=O)N(C)C2CCCCC2)n1)CC1CC1. The van der Waals surface area contributed by atoms with Gasteiger partial charge in [0.2, 0.25) is 5.82 Å². The van der Waals surface area contributed by atoms with Crippen molar-refractivity contribution in [2.45, 2.75) is 57.5 Å². The van der Waals surface area contributed by atoms with Crippen molar-refractivity contribution in [1.82, 2.24) is 19.4 Å². The van der Waals surface area contributed by atoms with Crippen LogP contribution >= 0.6 is 11.6 Å². The second-order valence-corrected chi connectivity index (χ2v) is 9.19. The molecule has 29 heavy (non-hydrogen) atoms. The molecule has 1 aromatic heterocycles. The van der Waals surface area contributed by atoms with E-state index in [0.717, 1.165) is 43.2 Å². The fraction of sp³-hybridized carbons (Fsp3) is 0.565. The highest BCUT2D eigenvalue weighted by molar-refractivity contribution is 6.30. The van der Waals surface area contributed by atoms with E-state index < -0.39 is 0 Å². The molecule has 4 rings (SSSR count). The highest BCUT2D eigenvalue weighted by atomic mass is 35.5. The number of nitrogens with zero attached hydrogens (tertiary/aromatic N) is 4. The van der Waals surface area contributed by atoms with Crippen molar-refractivity contribution >= 4 is 17.5 Å². The molecule has 2 aliphatic rings. The van der Waals surface area contributed by atoms with Gasteiger partial charge < -0.3 is 9.80 Å². The molecule has 2 fully saturated rings. The van der Waals surface area contributed by atoms with E-state index in [1.54, 1.807) is 0 Å². The van der Waals surface area contributed by atoms with Crippen LogP contribution in [0.5, 0.6) is 0 Å². The normalized spacial score (nSPS) is 17.7. The predicted molar refractivity (Wildman–Crippen MR) is 117 cm³/mol. The summed E-state index contributed by atoms with van der Waals surface area (Å²) in [6, 6.07) is 7.91. The van der Waals surface area contributed by atoms with E-state index in [-0.39, 0.29) is 5.91 Å². The largest absolute Gasteiger partial charge is 0.336 e. The zero-order valence-corrected chi connectivity index (χ0v) is 18.2. The first-order valence-corrected chi connectivity index (χ1v) is 11.2. The topological polar surface area (TPSA) is 41.4 Å². The van der Waals surface area contributed by atoms with Gasteiger partial charge in [-0.25, -0.2) is 4.98 Å². The second-order valence-electron chi connectivity index (χ2n) is 8.75. The molecule has 156 valence electrons. The lowest BCUT2D eigenvalue weighted by Gasteiger charge is -2.31. The summed E-state index contributed by atoms with van der Waals surface area (Å²) in [4.78, 5) is 22.4. The fourth-order valence-electron chi connectivity index (χ4n) is 4.33. The maximum Gasteiger partial charge on any atom is 0.290 e. The summed E-state index contributed by atoms with van der Waals surface area (Å²) < 4.78 is 1.93. The summed E-state index contributed by atoms with van der Waals surface area (Å²) in [6.07, 6.45) is 10.5. The minimum atomic E-state index is 0.00273. The summed E-state index contributed by atoms with van der Waals surface area (Å²) >= 11 is 6.08. The van der Waals surface area contributed by atoms with Crippen LogP contribution in [0.3, 0.4) is 0 Å². The number of aromatic nitrogens is 2. The van der Waals surface area contributed by atoms with Crippen LogP contribution in [0.2, 0.25) is 5.02 Å². The molecule has 5 nitrogen and oxygen atoms in total. The first kappa shape index (κ1) is 20.4. The number of rotatable bonds is 7. The highest BCUT2D eigenvalue weighted by Crippen LogP contribution is 2.30. The van der Waals surface area contributed by atoms with E-state index in [1.165, 1.54) is 32.1 Å². The maximum atomic E-state index is 13.4. The summed E-state index contributed by atoms with van der Waals surface area (Å²) in [5.74, 6) is 1.33. The molecular weight excluding hydrogens is 384 g/mol. The molecule has 0 saturated heterocycles. The van der Waals surface area contributed by atoms with Crippen molar-refractivity contribution < 1.29 is 4.79 Å². The third kappa shape index (κ3) is 5.01. The molecule has 0 radical (unpaired) electrons. The Kier molecular flexibility index (Phi) is 6.26. The lowest BCUT2D eigenvalue weighted by Crippen LogP contribution is -2.39. The van der Waals surface area contributed by atoms with Crippen LogP contribution in [0.15, 0.2) is 30.5 Å². The highest BCUT2D eigenvalue weighted by Gasteiger charge is 2.28. The smallest absolute Gasteiger partial charge is 0.290 e. The number of benzene rings is 1. The van der Waals surface area contributed by atoms with Gasteiger partial charge in [0.25, 0.3) is 5.91 Å². The van der Waals surface area contributed by atoms with Gasteiger partial charge in [-0.2, -0.15) is 0 Å². The minimum absolute atomic E-state index is 0.00273. The van der Waals surface area contributed by atoms with Crippen LogP contribution in [0, 0.1) is 5.92 Å². The van der Waals surface area contributed by atoms with Crippen LogP contribution in [0.1, 0.15) is 61.3 Å². The summed E-state index contributed by atoms with van der Waals surface area (Å²) in [5.41, 5.74) is 1.85. The van der Waals surface area contributed by atoms with Crippen molar-refractivity contribution in [3.05, 3.63) is 47.0 Å². The van der Waals surface area contributed by atoms with Gasteiger partial charge in [0.15, 0.2) is 0 Å². The summed E-state index contributed by atoms with van der Waals surface area (Å²) in [5, 5.41) is 0.686. The van der Waals surface area contributed by atoms with Crippen molar-refractivity contribution in [3.63, 3.8) is 0 Å². The summed E-state index contributed by atoms with van der Waals surface area (Å²) in [6.45, 7) is 1.85. The molecule has 0 unspecified atom stereocenters. The van der Waals surface area contributed by atoms with Crippen molar-refractivity contribution in [1.29, 1.82) is 0 Å². The Morgan fingerprint density at radius 2 is 1.79 bits per heavy atom. The van der Waals surface area contributed by atoms with Gasteiger partial charge in [0.1, 0.15) is 0 Å². The average Bonchev–Trinajstić information content (AvgIpc) is 3.44. The molecule has 6 heteroatoms. The predicted octanol–water partition coefficient (Wildman–Crippen LogP) is 4.77. The summed E-state index contributed by atoms with van der Waals surface area (Å²) in [7, 11) is 4.06.